The molecule has 2 rings (SSSR count). The molecule has 1 aromatic heterocycles. The summed E-state index contributed by atoms with van der Waals surface area (Å²) in [7, 11) is 0. The van der Waals surface area contributed by atoms with Crippen molar-refractivity contribution in [3.8, 4) is 17.4 Å². The molecule has 128 valence electrons. The van der Waals surface area contributed by atoms with Crippen molar-refractivity contribution in [1.82, 2.24) is 15.3 Å². The summed E-state index contributed by atoms with van der Waals surface area (Å²) in [6.07, 6.45) is 1.30. The monoisotopic (exact) mass is 331 g/mol. The van der Waals surface area contributed by atoms with Gasteiger partial charge in [0.05, 0.1) is 19.8 Å². The van der Waals surface area contributed by atoms with Crippen LogP contribution in [0.25, 0.3) is 0 Å². The van der Waals surface area contributed by atoms with E-state index in [9.17, 15) is 4.79 Å². The first-order chi connectivity index (χ1) is 11.7. The molecular weight excluding hydrogens is 310 g/mol. The lowest BCUT2D eigenvalue weighted by molar-refractivity contribution is 0.0941. The van der Waals surface area contributed by atoms with Gasteiger partial charge in [0.2, 0.25) is 5.88 Å². The van der Waals surface area contributed by atoms with Gasteiger partial charge in [0.15, 0.2) is 0 Å². The van der Waals surface area contributed by atoms with Crippen molar-refractivity contribution in [2.24, 2.45) is 0 Å². The van der Waals surface area contributed by atoms with Crippen LogP contribution in [0.1, 0.15) is 24.3 Å². The standard InChI is InChI=1S/C17H21N3O4/c1-3-22-13-5-7-14(8-6-13)24-10-9-18-17(21)15-11-16(23-4-2)20-12-19-15/h5-8,11-12H,3-4,9-10H2,1-2H3,(H,18,21). The van der Waals surface area contributed by atoms with Crippen LogP contribution in [0.5, 0.6) is 17.4 Å². The van der Waals surface area contributed by atoms with Crippen LogP contribution in [0.15, 0.2) is 36.7 Å². The van der Waals surface area contributed by atoms with Crippen molar-refractivity contribution in [1.29, 1.82) is 0 Å². The lowest BCUT2D eigenvalue weighted by Crippen LogP contribution is -2.28. The molecule has 0 aliphatic heterocycles. The molecule has 24 heavy (non-hydrogen) atoms. The second kappa shape index (κ2) is 9.34. The molecule has 0 aliphatic rings. The van der Waals surface area contributed by atoms with Crippen molar-refractivity contribution >= 4 is 5.91 Å². The maximum absolute atomic E-state index is 12.0. The van der Waals surface area contributed by atoms with Crippen molar-refractivity contribution < 1.29 is 19.0 Å². The molecule has 0 saturated heterocycles. The molecule has 0 unspecified atom stereocenters. The highest BCUT2D eigenvalue weighted by atomic mass is 16.5. The van der Waals surface area contributed by atoms with Crippen molar-refractivity contribution in [3.63, 3.8) is 0 Å². The van der Waals surface area contributed by atoms with E-state index in [-0.39, 0.29) is 11.6 Å². The Morgan fingerprint density at radius 2 is 1.67 bits per heavy atom. The van der Waals surface area contributed by atoms with Crippen LogP contribution in [0.4, 0.5) is 0 Å². The highest BCUT2D eigenvalue weighted by molar-refractivity contribution is 5.92. The molecule has 0 aliphatic carbocycles. The SMILES string of the molecule is CCOc1ccc(OCCNC(=O)c2cc(OCC)ncn2)cc1. The van der Waals surface area contributed by atoms with Crippen LogP contribution in [-0.2, 0) is 0 Å². The number of carbonyl (C=O) groups excluding carboxylic acids is 1. The molecule has 0 spiro atoms. The third-order valence-electron chi connectivity index (χ3n) is 2.96. The first kappa shape index (κ1) is 17.5. The second-order valence-corrected chi connectivity index (χ2v) is 4.68. The van der Waals surface area contributed by atoms with Gasteiger partial charge in [-0.15, -0.1) is 0 Å². The van der Waals surface area contributed by atoms with E-state index in [0.717, 1.165) is 5.75 Å². The zero-order valence-corrected chi connectivity index (χ0v) is 13.8. The van der Waals surface area contributed by atoms with E-state index in [2.05, 4.69) is 15.3 Å². The Kier molecular flexibility index (Phi) is 6.82. The van der Waals surface area contributed by atoms with E-state index in [1.165, 1.54) is 12.4 Å². The number of rotatable bonds is 9. The number of hydrogen-bond donors (Lipinski definition) is 1. The summed E-state index contributed by atoms with van der Waals surface area (Å²) < 4.78 is 16.2. The van der Waals surface area contributed by atoms with E-state index in [1.54, 1.807) is 0 Å². The highest BCUT2D eigenvalue weighted by Crippen LogP contribution is 2.17. The number of nitrogens with one attached hydrogen (secondary N) is 1. The molecular formula is C17H21N3O4. The van der Waals surface area contributed by atoms with Gasteiger partial charge in [-0.1, -0.05) is 0 Å². The van der Waals surface area contributed by atoms with E-state index in [4.69, 9.17) is 14.2 Å². The summed E-state index contributed by atoms with van der Waals surface area (Å²) in [5.74, 6) is 1.59. The molecule has 1 aromatic carbocycles. The zero-order valence-electron chi connectivity index (χ0n) is 13.8. The van der Waals surface area contributed by atoms with Gasteiger partial charge < -0.3 is 19.5 Å². The van der Waals surface area contributed by atoms with Gasteiger partial charge >= 0.3 is 0 Å². The maximum Gasteiger partial charge on any atom is 0.270 e. The highest BCUT2D eigenvalue weighted by Gasteiger charge is 2.08. The molecule has 0 saturated carbocycles. The molecule has 7 heteroatoms. The summed E-state index contributed by atoms with van der Waals surface area (Å²) in [5.41, 5.74) is 0.259. The Hall–Kier alpha value is -2.83. The molecule has 7 nitrogen and oxygen atoms in total. The number of carbonyl (C=O) groups is 1. The maximum atomic E-state index is 12.0. The molecule has 2 aromatic rings. The Morgan fingerprint density at radius 1 is 1.00 bits per heavy atom. The normalized spacial score (nSPS) is 10.1. The van der Waals surface area contributed by atoms with E-state index >= 15 is 0 Å². The fourth-order valence-electron chi connectivity index (χ4n) is 1.91. The average molecular weight is 331 g/mol. The molecule has 0 atom stereocenters. The minimum atomic E-state index is -0.298. The van der Waals surface area contributed by atoms with Gasteiger partial charge in [-0.05, 0) is 38.1 Å². The van der Waals surface area contributed by atoms with Crippen LogP contribution < -0.4 is 19.5 Å². The number of aromatic nitrogens is 2. The van der Waals surface area contributed by atoms with Gasteiger partial charge in [-0.3, -0.25) is 4.79 Å². The van der Waals surface area contributed by atoms with Crippen molar-refractivity contribution in [2.45, 2.75) is 13.8 Å². The minimum absolute atomic E-state index is 0.259. The van der Waals surface area contributed by atoms with Crippen LogP contribution >= 0.6 is 0 Å². The quantitative estimate of drug-likeness (QED) is 0.709. The molecule has 0 bridgehead atoms. The number of ether oxygens (including phenoxy) is 3. The van der Waals surface area contributed by atoms with Crippen LogP contribution in [0.3, 0.4) is 0 Å². The zero-order chi connectivity index (χ0) is 17.2. The Bertz CT molecular complexity index is 647. The molecule has 1 heterocycles. The van der Waals surface area contributed by atoms with E-state index in [0.29, 0.717) is 38.0 Å². The summed E-state index contributed by atoms with van der Waals surface area (Å²) in [5, 5.41) is 2.74. The Balaban J connectivity index is 1.75. The molecule has 0 radical (unpaired) electrons. The third-order valence-corrected chi connectivity index (χ3v) is 2.96. The average Bonchev–Trinajstić information content (AvgIpc) is 2.61. The number of hydrogen-bond acceptors (Lipinski definition) is 6. The smallest absolute Gasteiger partial charge is 0.270 e. The number of benzene rings is 1. The first-order valence-corrected chi connectivity index (χ1v) is 7.81. The second-order valence-electron chi connectivity index (χ2n) is 4.68. The fraction of sp³-hybridized carbons (Fsp3) is 0.353. The molecule has 1 N–H and O–H groups in total. The fourth-order valence-corrected chi connectivity index (χ4v) is 1.91. The predicted molar refractivity (Wildman–Crippen MR) is 88.6 cm³/mol. The van der Waals surface area contributed by atoms with Crippen molar-refractivity contribution in [2.75, 3.05) is 26.4 Å². The molecule has 1 amide bonds. The van der Waals surface area contributed by atoms with E-state index in [1.807, 2.05) is 38.1 Å². The lowest BCUT2D eigenvalue weighted by Gasteiger charge is -2.09. The summed E-state index contributed by atoms with van der Waals surface area (Å²) in [6.45, 7) is 5.60. The van der Waals surface area contributed by atoms with Gasteiger partial charge in [0.1, 0.15) is 30.1 Å². The Labute approximate surface area is 141 Å². The van der Waals surface area contributed by atoms with Crippen LogP contribution in [0.2, 0.25) is 0 Å². The lowest BCUT2D eigenvalue weighted by atomic mass is 10.3. The third kappa shape index (κ3) is 5.42. The van der Waals surface area contributed by atoms with Crippen LogP contribution in [-0.4, -0.2) is 42.2 Å². The van der Waals surface area contributed by atoms with Gasteiger partial charge in [0, 0.05) is 6.07 Å². The van der Waals surface area contributed by atoms with Crippen LogP contribution in [0, 0.1) is 0 Å². The van der Waals surface area contributed by atoms with E-state index < -0.39 is 0 Å². The largest absolute Gasteiger partial charge is 0.494 e. The topological polar surface area (TPSA) is 82.6 Å². The number of nitrogens with zero attached hydrogens (tertiary/aromatic N) is 2. The number of amides is 1. The summed E-state index contributed by atoms with van der Waals surface area (Å²) >= 11 is 0. The van der Waals surface area contributed by atoms with Gasteiger partial charge in [-0.2, -0.15) is 0 Å². The van der Waals surface area contributed by atoms with Gasteiger partial charge in [0.25, 0.3) is 5.91 Å². The molecule has 0 fully saturated rings. The predicted octanol–water partition coefficient (Wildman–Crippen LogP) is 2.08. The minimum Gasteiger partial charge on any atom is -0.494 e. The first-order valence-electron chi connectivity index (χ1n) is 7.81. The Morgan fingerprint density at radius 3 is 2.33 bits per heavy atom. The summed E-state index contributed by atoms with van der Waals surface area (Å²) in [6, 6.07) is 8.84. The van der Waals surface area contributed by atoms with Crippen molar-refractivity contribution in [3.05, 3.63) is 42.4 Å². The summed E-state index contributed by atoms with van der Waals surface area (Å²) in [4.78, 5) is 19.8. The van der Waals surface area contributed by atoms with Gasteiger partial charge in [-0.25, -0.2) is 9.97 Å².